The number of amides is 3. The molecule has 0 radical (unpaired) electrons. The minimum absolute atomic E-state index is 0.175. The second-order valence-electron chi connectivity index (χ2n) is 10.7. The predicted octanol–water partition coefficient (Wildman–Crippen LogP) is 2.13. The fraction of sp³-hybridized carbons (Fsp3) is 0.400. The van der Waals surface area contributed by atoms with Gasteiger partial charge in [-0.25, -0.2) is 4.79 Å². The highest BCUT2D eigenvalue weighted by Crippen LogP contribution is 2.19. The first-order valence-corrected chi connectivity index (χ1v) is 13.5. The Balaban J connectivity index is 1.76. The van der Waals surface area contributed by atoms with Crippen molar-refractivity contribution in [3.8, 4) is 0 Å². The molecule has 3 aromatic rings. The van der Waals surface area contributed by atoms with Crippen LogP contribution >= 0.6 is 0 Å². The number of carboxylic acids is 1. The average Bonchev–Trinajstić information content (AvgIpc) is 3.32. The summed E-state index contributed by atoms with van der Waals surface area (Å²) in [5.74, 6) is -3.53. The van der Waals surface area contributed by atoms with E-state index in [0.717, 1.165) is 22.0 Å². The van der Waals surface area contributed by atoms with E-state index < -0.39 is 47.9 Å². The summed E-state index contributed by atoms with van der Waals surface area (Å²) in [5.41, 5.74) is 8.91. The molecule has 4 atom stereocenters. The number of carbonyl (C=O) groups is 4. The zero-order chi connectivity index (χ0) is 29.4. The molecule has 0 bridgehead atoms. The molecule has 0 spiro atoms. The lowest BCUT2D eigenvalue weighted by Crippen LogP contribution is -2.59. The van der Waals surface area contributed by atoms with Crippen LogP contribution in [0, 0.1) is 11.8 Å². The van der Waals surface area contributed by atoms with Gasteiger partial charge in [0.25, 0.3) is 0 Å². The summed E-state index contributed by atoms with van der Waals surface area (Å²) >= 11 is 0. The van der Waals surface area contributed by atoms with Crippen LogP contribution in [-0.2, 0) is 32.0 Å². The third-order valence-electron chi connectivity index (χ3n) is 6.84. The van der Waals surface area contributed by atoms with E-state index in [-0.39, 0.29) is 24.7 Å². The largest absolute Gasteiger partial charge is 0.480 e. The van der Waals surface area contributed by atoms with Gasteiger partial charge in [0.15, 0.2) is 0 Å². The van der Waals surface area contributed by atoms with E-state index in [1.165, 1.54) is 0 Å². The first kappa shape index (κ1) is 30.4. The van der Waals surface area contributed by atoms with Gasteiger partial charge in [-0.15, -0.1) is 0 Å². The zero-order valence-electron chi connectivity index (χ0n) is 23.3. The molecule has 0 saturated carbocycles. The quantitative estimate of drug-likeness (QED) is 0.191. The Morgan fingerprint density at radius 2 is 1.38 bits per heavy atom. The number of benzene rings is 2. The third kappa shape index (κ3) is 7.92. The number of aromatic nitrogens is 1. The van der Waals surface area contributed by atoms with Crippen LogP contribution in [0.3, 0.4) is 0 Å². The van der Waals surface area contributed by atoms with Crippen molar-refractivity contribution in [1.29, 1.82) is 0 Å². The SMILES string of the molecule is CC(C)C(NC(=O)C(NC(=O)C(Cc1ccccc1)NC(=O)C(N)Cc1c[nH]c2ccccc12)C(C)C)C(=O)O. The van der Waals surface area contributed by atoms with Crippen LogP contribution in [0.25, 0.3) is 10.9 Å². The molecule has 3 rings (SSSR count). The van der Waals surface area contributed by atoms with Gasteiger partial charge in [0.05, 0.1) is 6.04 Å². The van der Waals surface area contributed by atoms with Crippen molar-refractivity contribution in [2.75, 3.05) is 0 Å². The number of nitrogens with two attached hydrogens (primary N) is 1. The summed E-state index contributed by atoms with van der Waals surface area (Å²) in [6.45, 7) is 6.87. The van der Waals surface area contributed by atoms with E-state index >= 15 is 0 Å². The molecule has 4 unspecified atom stereocenters. The topological polar surface area (TPSA) is 166 Å². The van der Waals surface area contributed by atoms with Gasteiger partial charge in [-0.05, 0) is 35.4 Å². The van der Waals surface area contributed by atoms with E-state index in [1.807, 2.05) is 60.8 Å². The number of fused-ring (bicyclic) bond motifs is 1. The van der Waals surface area contributed by atoms with E-state index in [2.05, 4.69) is 20.9 Å². The molecule has 0 fully saturated rings. The minimum atomic E-state index is -1.16. The molecular formula is C30H39N5O5. The molecule has 40 heavy (non-hydrogen) atoms. The standard InChI is InChI=1S/C30H39N5O5/c1-17(2)25(29(38)35-26(18(3)4)30(39)40)34-28(37)24(14-19-10-6-5-7-11-19)33-27(36)22(31)15-20-16-32-23-13-9-8-12-21(20)23/h5-13,16-18,22,24-26,32H,14-15,31H2,1-4H3,(H,33,36)(H,34,37)(H,35,38)(H,39,40). The number of carbonyl (C=O) groups excluding carboxylic acids is 3. The lowest BCUT2D eigenvalue weighted by molar-refractivity contribution is -0.143. The second-order valence-corrected chi connectivity index (χ2v) is 10.7. The van der Waals surface area contributed by atoms with E-state index in [9.17, 15) is 24.3 Å². The maximum Gasteiger partial charge on any atom is 0.326 e. The summed E-state index contributed by atoms with van der Waals surface area (Å²) < 4.78 is 0. The van der Waals surface area contributed by atoms with Gasteiger partial charge < -0.3 is 31.8 Å². The number of H-pyrrole nitrogens is 1. The average molecular weight is 550 g/mol. The summed E-state index contributed by atoms with van der Waals surface area (Å²) in [6.07, 6.45) is 2.26. The number of aromatic amines is 1. The highest BCUT2D eigenvalue weighted by Gasteiger charge is 2.33. The van der Waals surface area contributed by atoms with Crippen LogP contribution in [0.2, 0.25) is 0 Å². The molecule has 0 aliphatic heterocycles. The van der Waals surface area contributed by atoms with Crippen LogP contribution in [0.15, 0.2) is 60.8 Å². The van der Waals surface area contributed by atoms with Crippen LogP contribution < -0.4 is 21.7 Å². The molecule has 7 N–H and O–H groups in total. The molecule has 0 aliphatic rings. The Hall–Kier alpha value is -4.18. The number of hydrogen-bond acceptors (Lipinski definition) is 5. The summed E-state index contributed by atoms with van der Waals surface area (Å²) in [7, 11) is 0. The summed E-state index contributed by atoms with van der Waals surface area (Å²) in [6, 6.07) is 12.8. The third-order valence-corrected chi connectivity index (χ3v) is 6.84. The van der Waals surface area contributed by atoms with Crippen molar-refractivity contribution in [2.45, 2.75) is 64.7 Å². The molecule has 1 aromatic heterocycles. The van der Waals surface area contributed by atoms with Crippen LogP contribution in [0.4, 0.5) is 0 Å². The highest BCUT2D eigenvalue weighted by atomic mass is 16.4. The second kappa shape index (κ2) is 13.7. The van der Waals surface area contributed by atoms with Gasteiger partial charge in [-0.1, -0.05) is 76.2 Å². The molecule has 0 saturated heterocycles. The molecule has 10 heteroatoms. The fourth-order valence-electron chi connectivity index (χ4n) is 4.51. The predicted molar refractivity (Wildman–Crippen MR) is 153 cm³/mol. The molecule has 3 amide bonds. The van der Waals surface area contributed by atoms with Crippen molar-refractivity contribution >= 4 is 34.6 Å². The van der Waals surface area contributed by atoms with Gasteiger partial charge in [0.1, 0.15) is 18.1 Å². The van der Waals surface area contributed by atoms with Gasteiger partial charge in [-0.3, -0.25) is 14.4 Å². The summed E-state index contributed by atoms with van der Waals surface area (Å²) in [4.78, 5) is 54.5. The monoisotopic (exact) mass is 549 g/mol. The van der Waals surface area contributed by atoms with Crippen molar-refractivity contribution in [3.63, 3.8) is 0 Å². The Kier molecular flexibility index (Phi) is 10.4. The smallest absolute Gasteiger partial charge is 0.326 e. The fourth-order valence-corrected chi connectivity index (χ4v) is 4.51. The first-order chi connectivity index (χ1) is 19.0. The maximum atomic E-state index is 13.5. The van der Waals surface area contributed by atoms with Gasteiger partial charge >= 0.3 is 5.97 Å². The molecule has 0 aliphatic carbocycles. The Bertz CT molecular complexity index is 1320. The number of carboxylic acid groups (broad SMARTS) is 1. The highest BCUT2D eigenvalue weighted by molar-refractivity contribution is 5.94. The van der Waals surface area contributed by atoms with Gasteiger partial charge in [0.2, 0.25) is 17.7 Å². The number of aliphatic carboxylic acids is 1. The molecule has 10 nitrogen and oxygen atoms in total. The normalized spacial score (nSPS) is 14.4. The molecule has 214 valence electrons. The summed E-state index contributed by atoms with van der Waals surface area (Å²) in [5, 5.41) is 18.5. The number of rotatable bonds is 13. The van der Waals surface area contributed by atoms with E-state index in [1.54, 1.807) is 27.7 Å². The number of hydrogen-bond donors (Lipinski definition) is 6. The molecule has 1 heterocycles. The van der Waals surface area contributed by atoms with Crippen molar-refractivity contribution < 1.29 is 24.3 Å². The minimum Gasteiger partial charge on any atom is -0.480 e. The van der Waals surface area contributed by atoms with E-state index in [4.69, 9.17) is 5.73 Å². The maximum absolute atomic E-state index is 13.5. The van der Waals surface area contributed by atoms with Crippen molar-refractivity contribution in [3.05, 3.63) is 71.9 Å². The number of nitrogens with one attached hydrogen (secondary N) is 4. The Labute approximate surface area is 234 Å². The Morgan fingerprint density at radius 1 is 0.775 bits per heavy atom. The van der Waals surface area contributed by atoms with Crippen LogP contribution in [-0.4, -0.2) is 57.9 Å². The molecular weight excluding hydrogens is 510 g/mol. The Morgan fingerprint density at radius 3 is 2.00 bits per heavy atom. The van der Waals surface area contributed by atoms with Gasteiger partial charge in [0, 0.05) is 23.5 Å². The lowest BCUT2D eigenvalue weighted by atomic mass is 9.98. The van der Waals surface area contributed by atoms with Crippen LogP contribution in [0.1, 0.15) is 38.8 Å². The lowest BCUT2D eigenvalue weighted by Gasteiger charge is -2.28. The van der Waals surface area contributed by atoms with Crippen LogP contribution in [0.5, 0.6) is 0 Å². The van der Waals surface area contributed by atoms with Crippen molar-refractivity contribution in [2.24, 2.45) is 17.6 Å². The zero-order valence-corrected chi connectivity index (χ0v) is 23.3. The molecule has 2 aromatic carbocycles. The first-order valence-electron chi connectivity index (χ1n) is 13.5. The number of para-hydroxylation sites is 1. The van der Waals surface area contributed by atoms with E-state index in [0.29, 0.717) is 0 Å². The van der Waals surface area contributed by atoms with Crippen molar-refractivity contribution in [1.82, 2.24) is 20.9 Å². The van der Waals surface area contributed by atoms with Gasteiger partial charge in [-0.2, -0.15) is 0 Å².